The summed E-state index contributed by atoms with van der Waals surface area (Å²) in [5.41, 5.74) is 2.74. The Kier molecular flexibility index (Phi) is 5.04. The lowest BCUT2D eigenvalue weighted by molar-refractivity contribution is -0.162. The van der Waals surface area contributed by atoms with Crippen LogP contribution in [0.4, 0.5) is 0 Å². The predicted octanol–water partition coefficient (Wildman–Crippen LogP) is 7.39. The maximum absolute atomic E-state index is 12.9. The number of carbonyl (C=O) groups is 1. The number of benzene rings is 2. The second kappa shape index (κ2) is 7.81. The smallest absolute Gasteiger partial charge is 0.362 e. The summed E-state index contributed by atoms with van der Waals surface area (Å²) < 4.78 is 12.5. The Morgan fingerprint density at radius 2 is 1.80 bits per heavy atom. The maximum atomic E-state index is 12.9. The van der Waals surface area contributed by atoms with E-state index in [2.05, 4.69) is 32.7 Å². The van der Waals surface area contributed by atoms with Crippen LogP contribution in [0.2, 0.25) is 0 Å². The van der Waals surface area contributed by atoms with Crippen LogP contribution in [-0.2, 0) is 6.42 Å². The Balaban J connectivity index is 1.27. The summed E-state index contributed by atoms with van der Waals surface area (Å²) >= 11 is 0. The van der Waals surface area contributed by atoms with Crippen molar-refractivity contribution < 1.29 is 14.3 Å². The van der Waals surface area contributed by atoms with E-state index in [0.29, 0.717) is 28.7 Å². The number of aromatic nitrogens is 1. The Labute approximate surface area is 208 Å². The summed E-state index contributed by atoms with van der Waals surface area (Å²) in [4.78, 5) is 17.4. The van der Waals surface area contributed by atoms with Gasteiger partial charge in [-0.05, 0) is 91.7 Å². The van der Waals surface area contributed by atoms with E-state index in [1.54, 1.807) is 6.07 Å². The number of pyridine rings is 1. The Morgan fingerprint density at radius 3 is 2.66 bits per heavy atom. The van der Waals surface area contributed by atoms with Crippen molar-refractivity contribution in [2.75, 3.05) is 0 Å². The highest BCUT2D eigenvalue weighted by molar-refractivity contribution is 5.92. The zero-order chi connectivity index (χ0) is 24.4. The van der Waals surface area contributed by atoms with Crippen LogP contribution in [-0.4, -0.2) is 16.6 Å². The third-order valence-corrected chi connectivity index (χ3v) is 9.56. The molecule has 35 heavy (non-hydrogen) atoms. The van der Waals surface area contributed by atoms with Crippen molar-refractivity contribution in [2.45, 2.75) is 71.8 Å². The number of para-hydroxylation sites is 1. The van der Waals surface area contributed by atoms with Gasteiger partial charge in [0.1, 0.15) is 22.8 Å². The lowest BCUT2D eigenvalue weighted by atomic mass is 9.44. The van der Waals surface area contributed by atoms with Crippen molar-refractivity contribution in [3.05, 3.63) is 65.9 Å². The quantitative estimate of drug-likeness (QED) is 0.290. The monoisotopic (exact) mass is 469 g/mol. The second-order valence-corrected chi connectivity index (χ2v) is 12.2. The van der Waals surface area contributed by atoms with Gasteiger partial charge >= 0.3 is 5.97 Å². The molecule has 0 spiro atoms. The minimum atomic E-state index is -0.434. The van der Waals surface area contributed by atoms with E-state index in [4.69, 9.17) is 9.47 Å². The van der Waals surface area contributed by atoms with E-state index in [1.807, 2.05) is 48.5 Å². The van der Waals surface area contributed by atoms with E-state index >= 15 is 0 Å². The molecule has 2 fully saturated rings. The first-order valence-electron chi connectivity index (χ1n) is 13.1. The van der Waals surface area contributed by atoms with Crippen LogP contribution in [0.5, 0.6) is 11.5 Å². The molecule has 3 aliphatic rings. The summed E-state index contributed by atoms with van der Waals surface area (Å²) in [7, 11) is 0. The predicted molar refractivity (Wildman–Crippen MR) is 138 cm³/mol. The van der Waals surface area contributed by atoms with Crippen LogP contribution in [0.1, 0.15) is 75.9 Å². The first-order chi connectivity index (χ1) is 16.7. The van der Waals surface area contributed by atoms with Gasteiger partial charge in [-0.2, -0.15) is 0 Å². The highest BCUT2D eigenvalue weighted by atomic mass is 16.5. The first-order valence-corrected chi connectivity index (χ1v) is 13.1. The fourth-order valence-electron chi connectivity index (χ4n) is 7.87. The van der Waals surface area contributed by atoms with Crippen molar-refractivity contribution in [1.29, 1.82) is 0 Å². The van der Waals surface area contributed by atoms with Gasteiger partial charge in [0.25, 0.3) is 0 Å². The third-order valence-electron chi connectivity index (χ3n) is 9.56. The van der Waals surface area contributed by atoms with Crippen LogP contribution in [0.25, 0.3) is 10.9 Å². The standard InChI is InChI=1S/C31H35NO3/c1-29(2)15-7-16-30(3)26(29)14-17-31(4)27(30)19-21-18-22(11-13-25(21)35-31)34-28(33)24-12-10-20-8-5-6-9-23(20)32-24/h5-6,8-13,18,26-27H,7,14-17,19H2,1-4H3/t26-,27+,30-,31+/m0/s1. The summed E-state index contributed by atoms with van der Waals surface area (Å²) in [6.07, 6.45) is 7.18. The molecular weight excluding hydrogens is 434 g/mol. The van der Waals surface area contributed by atoms with Crippen molar-refractivity contribution in [3.8, 4) is 11.5 Å². The van der Waals surface area contributed by atoms with Crippen molar-refractivity contribution in [2.24, 2.45) is 22.7 Å². The summed E-state index contributed by atoms with van der Waals surface area (Å²) in [6, 6.07) is 17.2. The molecule has 2 aromatic carbocycles. The molecule has 2 aliphatic carbocycles. The molecule has 6 rings (SSSR count). The molecule has 2 saturated carbocycles. The maximum Gasteiger partial charge on any atom is 0.362 e. The Morgan fingerprint density at radius 1 is 0.971 bits per heavy atom. The van der Waals surface area contributed by atoms with Gasteiger partial charge < -0.3 is 9.47 Å². The van der Waals surface area contributed by atoms with E-state index in [0.717, 1.165) is 35.1 Å². The highest BCUT2D eigenvalue weighted by Crippen LogP contribution is 2.64. The molecule has 2 heterocycles. The molecule has 4 heteroatoms. The number of ether oxygens (including phenoxy) is 2. The van der Waals surface area contributed by atoms with Gasteiger partial charge in [0, 0.05) is 11.3 Å². The van der Waals surface area contributed by atoms with Crippen LogP contribution >= 0.6 is 0 Å². The van der Waals surface area contributed by atoms with Crippen LogP contribution in [0.15, 0.2) is 54.6 Å². The van der Waals surface area contributed by atoms with Crippen molar-refractivity contribution in [1.82, 2.24) is 4.98 Å². The molecule has 0 bridgehead atoms. The zero-order valence-corrected chi connectivity index (χ0v) is 21.3. The summed E-state index contributed by atoms with van der Waals surface area (Å²) in [5.74, 6) is 2.22. The van der Waals surface area contributed by atoms with E-state index in [1.165, 1.54) is 25.7 Å². The molecule has 4 nitrogen and oxygen atoms in total. The molecule has 4 atom stereocenters. The fraction of sp³-hybridized carbons (Fsp3) is 0.484. The second-order valence-electron chi connectivity index (χ2n) is 12.2. The topological polar surface area (TPSA) is 48.4 Å². The van der Waals surface area contributed by atoms with Gasteiger partial charge in [-0.15, -0.1) is 0 Å². The van der Waals surface area contributed by atoms with Gasteiger partial charge in [-0.1, -0.05) is 51.5 Å². The van der Waals surface area contributed by atoms with Crippen molar-refractivity contribution >= 4 is 16.9 Å². The van der Waals surface area contributed by atoms with Crippen LogP contribution < -0.4 is 9.47 Å². The van der Waals surface area contributed by atoms with Gasteiger partial charge in [0.15, 0.2) is 0 Å². The SMILES string of the molecule is CC1(C)CCC[C@]2(C)[C@H]3Cc4cc(OC(=O)c5ccc6ccccc6n5)ccc4O[C@]3(C)CC[C@@H]12. The lowest BCUT2D eigenvalue weighted by Gasteiger charge is -2.63. The van der Waals surface area contributed by atoms with E-state index in [-0.39, 0.29) is 11.0 Å². The molecular formula is C31H35NO3. The average Bonchev–Trinajstić information content (AvgIpc) is 2.82. The Bertz CT molecular complexity index is 1310. The highest BCUT2D eigenvalue weighted by Gasteiger charge is 2.60. The normalized spacial score (nSPS) is 31.0. The largest absolute Gasteiger partial charge is 0.487 e. The molecule has 3 aromatic rings. The molecule has 0 amide bonds. The number of hydrogen-bond acceptors (Lipinski definition) is 4. The number of nitrogens with zero attached hydrogens (tertiary/aromatic N) is 1. The fourth-order valence-corrected chi connectivity index (χ4v) is 7.87. The molecule has 182 valence electrons. The lowest BCUT2D eigenvalue weighted by Crippen LogP contribution is -2.61. The first kappa shape index (κ1) is 22.6. The number of carbonyl (C=O) groups excluding carboxylic acids is 1. The zero-order valence-electron chi connectivity index (χ0n) is 21.3. The number of fused-ring (bicyclic) bond motifs is 5. The van der Waals surface area contributed by atoms with E-state index in [9.17, 15) is 4.79 Å². The van der Waals surface area contributed by atoms with Crippen LogP contribution in [0.3, 0.4) is 0 Å². The van der Waals surface area contributed by atoms with Gasteiger partial charge in [0.05, 0.1) is 5.52 Å². The van der Waals surface area contributed by atoms with Crippen molar-refractivity contribution in [3.63, 3.8) is 0 Å². The third kappa shape index (κ3) is 3.64. The molecule has 0 unspecified atom stereocenters. The molecule has 0 N–H and O–H groups in total. The van der Waals surface area contributed by atoms with Gasteiger partial charge in [-0.25, -0.2) is 9.78 Å². The minimum absolute atomic E-state index is 0.140. The van der Waals surface area contributed by atoms with Crippen LogP contribution in [0, 0.1) is 22.7 Å². The Hall–Kier alpha value is -2.88. The van der Waals surface area contributed by atoms with Gasteiger partial charge in [-0.3, -0.25) is 0 Å². The average molecular weight is 470 g/mol. The summed E-state index contributed by atoms with van der Waals surface area (Å²) in [5, 5.41) is 1.00. The minimum Gasteiger partial charge on any atom is -0.487 e. The molecule has 0 saturated heterocycles. The number of hydrogen-bond donors (Lipinski definition) is 0. The summed E-state index contributed by atoms with van der Waals surface area (Å²) in [6.45, 7) is 9.77. The molecule has 0 radical (unpaired) electrons. The molecule has 1 aromatic heterocycles. The number of rotatable bonds is 2. The van der Waals surface area contributed by atoms with Gasteiger partial charge in [0.2, 0.25) is 0 Å². The van der Waals surface area contributed by atoms with E-state index < -0.39 is 5.97 Å². The molecule has 1 aliphatic heterocycles. The number of esters is 1.